The third kappa shape index (κ3) is 26.9. The molecule has 776 valence electrons. The van der Waals surface area contributed by atoms with Gasteiger partial charge < -0.3 is 82.8 Å². The molecule has 11 aliphatic rings. The molecule has 33 heteroatoms. The second-order valence-corrected chi connectivity index (χ2v) is 40.7. The number of benzene rings is 9. The molecule has 6 saturated heterocycles. The Bertz CT molecular complexity index is 6230. The number of aromatic hydroxyl groups is 3. The molecule has 0 aromatic heterocycles. The normalized spacial score (nSPS) is 20.3. The van der Waals surface area contributed by atoms with Crippen molar-refractivity contribution in [1.82, 2.24) is 45.3 Å². The predicted molar refractivity (Wildman–Crippen MR) is 543 cm³/mol. The van der Waals surface area contributed by atoms with Crippen molar-refractivity contribution < 1.29 is 116 Å². The first-order valence-corrected chi connectivity index (χ1v) is 50.2. The number of likely N-dealkylation sites (tertiary alicyclic amines) is 3. The number of phenolic OH excluding ortho intramolecular Hbond substituents is 3. The number of ether oxygens (including phenoxy) is 8. The number of amides is 11. The molecule has 6 fully saturated rings. The second-order valence-electron chi connectivity index (χ2n) is 40.7. The molecular formula is C114H131N9O24. The van der Waals surface area contributed by atoms with Crippen LogP contribution in [-0.2, 0) is 62.7 Å². The molecule has 9 aromatic carbocycles. The van der Waals surface area contributed by atoms with E-state index in [1.807, 2.05) is 120 Å². The van der Waals surface area contributed by atoms with Crippen LogP contribution in [0.1, 0.15) is 231 Å². The van der Waals surface area contributed by atoms with Crippen molar-refractivity contribution in [3.63, 3.8) is 0 Å². The van der Waals surface area contributed by atoms with Gasteiger partial charge in [-0.3, -0.25) is 68.8 Å². The minimum absolute atomic E-state index is 0. The van der Waals surface area contributed by atoms with E-state index in [9.17, 15) is 72.9 Å². The molecule has 147 heavy (non-hydrogen) atoms. The molecule has 33 nitrogen and oxygen atoms in total. The number of piperidine rings is 3. The molecule has 11 aliphatic heterocycles. The fourth-order valence-electron chi connectivity index (χ4n) is 20.4. The fraction of sp³-hybridized carbons (Fsp3) is 0.421. The summed E-state index contributed by atoms with van der Waals surface area (Å²) in [6.07, 6.45) is 7.71. The molecule has 7 N–H and O–H groups in total. The minimum atomic E-state index is -0.616. The fourth-order valence-corrected chi connectivity index (χ4v) is 20.4. The molecule has 11 amide bonds. The number of carbonyl (C=O) groups excluding carboxylic acids is 12. The van der Waals surface area contributed by atoms with Gasteiger partial charge in [0, 0.05) is 155 Å². The topological polar surface area (TPSA) is 415 Å². The van der Waals surface area contributed by atoms with E-state index < -0.39 is 47.0 Å². The Kier molecular flexibility index (Phi) is 34.7. The van der Waals surface area contributed by atoms with Gasteiger partial charge in [-0.15, -0.1) is 0 Å². The van der Waals surface area contributed by atoms with Crippen LogP contribution in [0.5, 0.6) is 51.7 Å². The average molecular weight is 2010 g/mol. The average Bonchev–Trinajstić information content (AvgIpc) is 1.75. The molecule has 0 aliphatic carbocycles. The highest BCUT2D eigenvalue weighted by Crippen LogP contribution is 2.50. The summed E-state index contributed by atoms with van der Waals surface area (Å²) >= 11 is 0. The van der Waals surface area contributed by atoms with Crippen LogP contribution in [0.25, 0.3) is 0 Å². The molecule has 11 heterocycles. The van der Waals surface area contributed by atoms with Crippen molar-refractivity contribution >= 4 is 71.6 Å². The van der Waals surface area contributed by atoms with E-state index in [2.05, 4.69) is 81.5 Å². The zero-order chi connectivity index (χ0) is 103. The number of imide groups is 3. The molecule has 0 bridgehead atoms. The summed E-state index contributed by atoms with van der Waals surface area (Å²) in [4.78, 5) is 153. The number of nitrogens with zero attached hydrogens (tertiary/aromatic N) is 6. The number of hydrogen-bond donors (Lipinski definition) is 7. The van der Waals surface area contributed by atoms with E-state index in [4.69, 9.17) is 43.0 Å². The maximum Gasteiger partial charge on any atom is 0.410 e. The van der Waals surface area contributed by atoms with Crippen molar-refractivity contribution in [2.24, 2.45) is 17.8 Å². The van der Waals surface area contributed by atoms with Gasteiger partial charge in [-0.05, 0) is 247 Å². The summed E-state index contributed by atoms with van der Waals surface area (Å²) in [7, 11) is 0. The Morgan fingerprint density at radius 1 is 0.408 bits per heavy atom. The lowest BCUT2D eigenvalue weighted by Crippen LogP contribution is -2.52. The first-order chi connectivity index (χ1) is 70.2. The largest absolute Gasteiger partial charge is 0.508 e. The van der Waals surface area contributed by atoms with Crippen LogP contribution >= 0.6 is 0 Å². The van der Waals surface area contributed by atoms with E-state index in [1.165, 1.54) is 38.6 Å². The van der Waals surface area contributed by atoms with Gasteiger partial charge in [0.25, 0.3) is 17.7 Å². The van der Waals surface area contributed by atoms with Crippen LogP contribution in [-0.4, -0.2) is 243 Å². The van der Waals surface area contributed by atoms with Crippen molar-refractivity contribution in [3.05, 3.63) is 267 Å². The zero-order valence-corrected chi connectivity index (χ0v) is 83.0. The van der Waals surface area contributed by atoms with E-state index in [0.717, 1.165) is 123 Å². The van der Waals surface area contributed by atoms with E-state index in [0.29, 0.717) is 136 Å². The van der Waals surface area contributed by atoms with Crippen molar-refractivity contribution in [1.29, 1.82) is 0 Å². The summed E-state index contributed by atoms with van der Waals surface area (Å²) < 4.78 is 46.1. The smallest absolute Gasteiger partial charge is 0.410 e. The molecule has 20 rings (SSSR count). The van der Waals surface area contributed by atoms with Gasteiger partial charge in [0.05, 0.1) is 26.4 Å². The van der Waals surface area contributed by atoms with E-state index >= 15 is 0 Å². The lowest BCUT2D eigenvalue weighted by molar-refractivity contribution is -0.138. The van der Waals surface area contributed by atoms with Crippen molar-refractivity contribution in [2.45, 2.75) is 199 Å². The number of fused-ring (bicyclic) bond motifs is 5. The Morgan fingerprint density at radius 2 is 0.762 bits per heavy atom. The summed E-state index contributed by atoms with van der Waals surface area (Å²) in [5, 5.41) is 44.8. The molecule has 0 spiro atoms. The first-order valence-electron chi connectivity index (χ1n) is 50.2. The van der Waals surface area contributed by atoms with E-state index in [1.54, 1.807) is 63.2 Å². The Morgan fingerprint density at radius 3 is 1.15 bits per heavy atom. The molecule has 9 aromatic rings. The van der Waals surface area contributed by atoms with Gasteiger partial charge in [-0.25, -0.2) is 9.59 Å². The lowest BCUT2D eigenvalue weighted by Gasteiger charge is -2.39. The number of hydrogen-bond acceptors (Lipinski definition) is 25. The third-order valence-corrected chi connectivity index (χ3v) is 27.8. The lowest BCUT2D eigenvalue weighted by atomic mass is 9.76. The second kappa shape index (κ2) is 48.0. The van der Waals surface area contributed by atoms with Gasteiger partial charge in [0.15, 0.2) is 6.29 Å². The standard InChI is InChI=1S/C42H43N3O7.C24H31N3O6.C23H20O4.C13H12N2O4.C11H21NO3.CH4/c46-31-10-14-35-38(22-31)52-26-36(28-6-2-1-3-7-28)40(35)29-8-11-32(12-9-29)51-20-18-44-23-27(24-44)5-4-19-50-33-13-15-34-30(21-33)25-45(42(34)49)37-16-17-39(47)43-41(37)48;1-24(2,3)33-23(31)26-12-15(13-26)5-4-10-32-17-6-7-18-16(11-17)14-27(22(18)30)19-8-9-20(28)25-21(19)29;24-12-13-26-19-9-6-17(7-10-19)23-20-11-8-18(25)14-22(20)27-15-21(23)16-4-2-1-3-5-16;16-8-1-2-9-7(5-8)6-15(13(9)19)10-3-4-11(17)14-12(10)18;1-11(2,3)15-10(14)12-7-9(8-12)5-4-6-13;/h1-3,6-15,21-22,27,36-37,40,46H,4-5,16-20,23-26H2,(H,43,47,48);6-7,11,15,19H,4-5,8-10,12-14H2,1-3H3,(H,25,28,29);1-12,14,21,23,25H,13,15H2;1-2,5,10,16H,3-4,6H2,(H,14,17,18);9,13H,4-8H2,1-3H3;1H4/t36-,37?,40-;;21-,23-;;;/m1.1.../s1. The summed E-state index contributed by atoms with van der Waals surface area (Å²) in [6.45, 7) is 21.3. The van der Waals surface area contributed by atoms with E-state index in [-0.39, 0.29) is 135 Å². The highest BCUT2D eigenvalue weighted by molar-refractivity contribution is 6.08. The number of nitrogens with one attached hydrogen (secondary N) is 3. The maximum atomic E-state index is 12.9. The zero-order valence-electron chi connectivity index (χ0n) is 83.0. The number of aliphatic hydroxyl groups excluding tert-OH is 1. The van der Waals surface area contributed by atoms with Gasteiger partial charge in [-0.1, -0.05) is 104 Å². The van der Waals surface area contributed by atoms with Gasteiger partial charge in [0.1, 0.15) is 94.3 Å². The SMILES string of the molecule is C.CC(C)(C)OC(=O)N1CC(CCCO)C1.CC(C)(C)OC(=O)N1CC(CCCOc2ccc3c(c2)CN(C2CCC(=O)NC2=O)C3=O)C1.O=C1CCC(N2Cc3cc(O)ccc3C2=O)C(=O)N1.O=C1CCC(N2Cc3cc(OCCCC4CN(CCOc5ccc([C@@H]6c7ccc(O)cc7OC[C@@H]6c6ccccc6)cc5)C4)ccc3C2=O)C(=O)N1.O=CCOc1ccc([C@@H]2c3ccc(O)cc3OC[C@@H]2c2ccccc2)cc1. The molecular weight excluding hydrogens is 1880 g/mol. The van der Waals surface area contributed by atoms with Crippen LogP contribution in [0.4, 0.5) is 9.59 Å². The predicted octanol–water partition coefficient (Wildman–Crippen LogP) is 14.8. The molecule has 0 saturated carbocycles. The van der Waals surface area contributed by atoms with Crippen LogP contribution in [0.3, 0.4) is 0 Å². The highest BCUT2D eigenvalue weighted by Gasteiger charge is 2.45. The monoisotopic (exact) mass is 2010 g/mol. The summed E-state index contributed by atoms with van der Waals surface area (Å²) in [5.41, 5.74) is 10.1. The molecule has 7 atom stereocenters. The Hall–Kier alpha value is -14.9. The van der Waals surface area contributed by atoms with Gasteiger partial charge >= 0.3 is 12.2 Å². The van der Waals surface area contributed by atoms with Crippen LogP contribution in [0.2, 0.25) is 0 Å². The van der Waals surface area contributed by atoms with Crippen LogP contribution in [0.15, 0.2) is 200 Å². The number of aldehydes is 1. The van der Waals surface area contributed by atoms with Gasteiger partial charge in [-0.2, -0.15) is 0 Å². The number of rotatable bonds is 27. The molecule has 0 radical (unpaired) electrons. The van der Waals surface area contributed by atoms with Crippen LogP contribution < -0.4 is 44.4 Å². The quantitative estimate of drug-likeness (QED) is 0.0143. The minimum Gasteiger partial charge on any atom is -0.508 e. The number of aliphatic hydroxyl groups is 1. The van der Waals surface area contributed by atoms with Gasteiger partial charge in [0.2, 0.25) is 35.4 Å². The Labute approximate surface area is 855 Å². The van der Waals surface area contributed by atoms with Crippen molar-refractivity contribution in [2.75, 3.05) is 92.1 Å². The highest BCUT2D eigenvalue weighted by atomic mass is 16.6. The summed E-state index contributed by atoms with van der Waals surface area (Å²) in [5.74, 6) is 4.31. The first kappa shape index (κ1) is 106. The number of carbonyl (C=O) groups is 12. The van der Waals surface area contributed by atoms with Crippen molar-refractivity contribution in [3.8, 4) is 51.7 Å². The van der Waals surface area contributed by atoms with Crippen LogP contribution in [0, 0.1) is 17.8 Å². The number of phenols is 3. The maximum absolute atomic E-state index is 12.9. The Balaban J connectivity index is 0.000000147. The molecule has 3 unspecified atom stereocenters. The third-order valence-electron chi connectivity index (χ3n) is 27.8. The summed E-state index contributed by atoms with van der Waals surface area (Å²) in [6, 6.07) is 61.3.